The van der Waals surface area contributed by atoms with E-state index >= 15 is 0 Å². The van der Waals surface area contributed by atoms with Crippen molar-refractivity contribution in [3.8, 4) is 0 Å². The molecule has 1 rings (SSSR count). The van der Waals surface area contributed by atoms with Gasteiger partial charge in [-0.3, -0.25) is 9.11 Å². The number of aliphatic hydroxyl groups is 1. The van der Waals surface area contributed by atoms with Gasteiger partial charge in [0.2, 0.25) is 0 Å². The van der Waals surface area contributed by atoms with Crippen molar-refractivity contribution >= 4 is 45.5 Å². The van der Waals surface area contributed by atoms with Gasteiger partial charge in [-0.25, -0.2) is 0 Å². The molecule has 3 N–H and O–H groups in total. The largest absolute Gasteiger partial charge is 0.395 e. The Labute approximate surface area is 139 Å². The highest BCUT2D eigenvalue weighted by Crippen LogP contribution is 2.08. The second-order valence-electron chi connectivity index (χ2n) is 3.44. The van der Waals surface area contributed by atoms with Gasteiger partial charge in [-0.05, 0) is 17.3 Å². The Morgan fingerprint density at radius 3 is 2.33 bits per heavy atom. The van der Waals surface area contributed by atoms with E-state index in [1.165, 1.54) is 6.20 Å². The number of allylic oxidation sites excluding steroid dienone is 3. The van der Waals surface area contributed by atoms with Crippen LogP contribution in [0.25, 0.3) is 0 Å². The zero-order valence-corrected chi connectivity index (χ0v) is 14.6. The van der Waals surface area contributed by atoms with Crippen LogP contribution >= 0.6 is 25.3 Å². The summed E-state index contributed by atoms with van der Waals surface area (Å²) < 4.78 is 24.0. The van der Waals surface area contributed by atoms with Crippen LogP contribution < -0.4 is 0 Å². The highest BCUT2D eigenvalue weighted by molar-refractivity contribution is 8.26. The molecule has 0 aromatic heterocycles. The first kappa shape index (κ1) is 22.8. The highest BCUT2D eigenvalue weighted by Gasteiger charge is 1.98. The predicted molar refractivity (Wildman–Crippen MR) is 94.4 cm³/mol. The van der Waals surface area contributed by atoms with E-state index in [0.29, 0.717) is 5.75 Å². The van der Waals surface area contributed by atoms with Gasteiger partial charge in [0.15, 0.2) is 0 Å². The van der Waals surface area contributed by atoms with E-state index in [9.17, 15) is 4.91 Å². The monoisotopic (exact) mass is 374 g/mol. The molecule has 0 aliphatic carbocycles. The van der Waals surface area contributed by atoms with Crippen molar-refractivity contribution in [3.05, 3.63) is 41.2 Å². The Kier molecular flexibility index (Phi) is 14.4. The van der Waals surface area contributed by atoms with Crippen LogP contribution in [0.2, 0.25) is 0 Å². The molecule has 0 fully saturated rings. The summed E-state index contributed by atoms with van der Waals surface area (Å²) in [6, 6.07) is 0. The molecule has 0 spiro atoms. The van der Waals surface area contributed by atoms with Gasteiger partial charge in [0.25, 0.3) is 9.05 Å². The second-order valence-corrected chi connectivity index (χ2v) is 6.73. The normalized spacial score (nSPS) is 16.5. The van der Waals surface area contributed by atoms with Crippen molar-refractivity contribution in [2.24, 2.45) is 5.18 Å². The maximum Gasteiger partial charge on any atom is 0.263 e. The molecule has 0 saturated heterocycles. The van der Waals surface area contributed by atoms with Gasteiger partial charge in [0.1, 0.15) is 0 Å². The molecule has 1 aliphatic rings. The Morgan fingerprint density at radius 2 is 2.05 bits per heavy atom. The Bertz CT molecular complexity index is 464. The van der Waals surface area contributed by atoms with Crippen molar-refractivity contribution in [1.29, 1.82) is 0 Å². The summed E-state index contributed by atoms with van der Waals surface area (Å²) in [5, 5.41) is 10.9. The SMILES string of the molecule is CN1C=CC=C/C1=C\N=O.O=S(O)(O)=S.OCC(S)CS. The highest BCUT2D eigenvalue weighted by atomic mass is 32.9. The summed E-state index contributed by atoms with van der Waals surface area (Å²) in [6.45, 7) is 0.118. The molecule has 1 heterocycles. The lowest BCUT2D eigenvalue weighted by molar-refractivity contribution is 0.302. The molecule has 1 atom stereocenters. The molecule has 7 nitrogen and oxygen atoms in total. The van der Waals surface area contributed by atoms with Crippen molar-refractivity contribution in [2.75, 3.05) is 19.4 Å². The third kappa shape index (κ3) is 19.6. The van der Waals surface area contributed by atoms with Crippen LogP contribution in [0.1, 0.15) is 0 Å². The summed E-state index contributed by atoms with van der Waals surface area (Å²) in [7, 11) is -1.98. The molecule has 0 aromatic rings. The zero-order valence-electron chi connectivity index (χ0n) is 11.1. The summed E-state index contributed by atoms with van der Waals surface area (Å²) in [4.78, 5) is 11.6. The van der Waals surface area contributed by atoms with Gasteiger partial charge in [-0.1, -0.05) is 6.08 Å². The van der Waals surface area contributed by atoms with Gasteiger partial charge >= 0.3 is 0 Å². The first-order chi connectivity index (χ1) is 9.65. The predicted octanol–water partition coefficient (Wildman–Crippen LogP) is 1.50. The van der Waals surface area contributed by atoms with E-state index in [2.05, 4.69) is 41.6 Å². The Balaban J connectivity index is 0. The fourth-order valence-electron chi connectivity index (χ4n) is 0.782. The minimum absolute atomic E-state index is 0.0494. The number of nitroso groups, excluding NO2 is 1. The van der Waals surface area contributed by atoms with E-state index in [1.54, 1.807) is 0 Å². The van der Waals surface area contributed by atoms with Gasteiger partial charge in [-0.15, -0.1) is 4.91 Å². The molecule has 0 radical (unpaired) electrons. The molecule has 0 aromatic carbocycles. The molecule has 122 valence electrons. The van der Waals surface area contributed by atoms with E-state index < -0.39 is 9.05 Å². The van der Waals surface area contributed by atoms with Gasteiger partial charge < -0.3 is 10.0 Å². The van der Waals surface area contributed by atoms with Crippen LogP contribution in [-0.2, 0) is 20.2 Å². The van der Waals surface area contributed by atoms with E-state index in [-0.39, 0.29) is 11.9 Å². The lowest BCUT2D eigenvalue weighted by atomic mass is 10.3. The summed E-state index contributed by atoms with van der Waals surface area (Å²) >= 11 is 11.2. The average Bonchev–Trinajstić information content (AvgIpc) is 2.39. The zero-order chi connectivity index (χ0) is 16.9. The smallest absolute Gasteiger partial charge is 0.263 e. The third-order valence-corrected chi connectivity index (χ3v) is 2.78. The number of nitrogens with zero attached hydrogens (tertiary/aromatic N) is 2. The lowest BCUT2D eigenvalue weighted by Crippen LogP contribution is -2.09. The molecule has 11 heteroatoms. The third-order valence-electron chi connectivity index (χ3n) is 1.70. The van der Waals surface area contributed by atoms with Crippen molar-refractivity contribution in [2.45, 2.75) is 5.25 Å². The Hall–Kier alpha value is -0.430. The fourth-order valence-corrected chi connectivity index (χ4v) is 0.898. The van der Waals surface area contributed by atoms with Gasteiger partial charge in [-0.2, -0.15) is 29.5 Å². The van der Waals surface area contributed by atoms with Gasteiger partial charge in [0.05, 0.1) is 18.5 Å². The number of hydrogen-bond acceptors (Lipinski definition) is 8. The molecule has 0 bridgehead atoms. The van der Waals surface area contributed by atoms with Crippen LogP contribution in [0.5, 0.6) is 0 Å². The number of rotatable bonds is 3. The molecule has 1 aliphatic heterocycles. The van der Waals surface area contributed by atoms with Crippen LogP contribution in [0.4, 0.5) is 0 Å². The van der Waals surface area contributed by atoms with Crippen molar-refractivity contribution in [3.63, 3.8) is 0 Å². The summed E-state index contributed by atoms with van der Waals surface area (Å²) in [6.07, 6.45) is 8.71. The molecule has 21 heavy (non-hydrogen) atoms. The first-order valence-electron chi connectivity index (χ1n) is 5.35. The quantitative estimate of drug-likeness (QED) is 0.376. The summed E-state index contributed by atoms with van der Waals surface area (Å²) in [5.74, 6) is 0.639. The maximum atomic E-state index is 9.81. The van der Waals surface area contributed by atoms with E-state index in [4.69, 9.17) is 18.4 Å². The number of hydrogen-bond donors (Lipinski definition) is 5. The van der Waals surface area contributed by atoms with Crippen LogP contribution in [0.15, 0.2) is 41.5 Å². The maximum absolute atomic E-state index is 9.81. The van der Waals surface area contributed by atoms with Gasteiger partial charge in [0, 0.05) is 35.4 Å². The molecule has 0 saturated carbocycles. The minimum Gasteiger partial charge on any atom is -0.395 e. The molecule has 1 unspecified atom stereocenters. The number of aliphatic hydroxyl groups excluding tert-OH is 1. The molecular weight excluding hydrogens is 356 g/mol. The number of thiol groups is 2. The second kappa shape index (κ2) is 13.2. The van der Waals surface area contributed by atoms with Crippen LogP contribution in [-0.4, -0.2) is 48.0 Å². The molecule has 0 amide bonds. The van der Waals surface area contributed by atoms with Crippen molar-refractivity contribution < 1.29 is 18.4 Å². The lowest BCUT2D eigenvalue weighted by Gasteiger charge is -2.15. The topological polar surface area (TPSA) is 110 Å². The minimum atomic E-state index is -3.83. The summed E-state index contributed by atoms with van der Waals surface area (Å²) in [5.41, 5.74) is 0.803. The first-order valence-corrected chi connectivity index (χ1v) is 8.90. The van der Waals surface area contributed by atoms with Crippen LogP contribution in [0.3, 0.4) is 0 Å². The molecular formula is C10H18N2O5S4. The Morgan fingerprint density at radius 1 is 1.52 bits per heavy atom. The van der Waals surface area contributed by atoms with E-state index in [0.717, 1.165) is 5.70 Å². The van der Waals surface area contributed by atoms with E-state index in [1.807, 2.05) is 36.4 Å². The average molecular weight is 375 g/mol. The van der Waals surface area contributed by atoms with Crippen LogP contribution in [0, 0.1) is 4.91 Å². The van der Waals surface area contributed by atoms with Crippen molar-refractivity contribution in [1.82, 2.24) is 4.90 Å². The fraction of sp³-hybridized carbons (Fsp3) is 0.400. The number of likely N-dealkylation sites (N-methyl/N-ethyl adjacent to an activating group) is 1. The standard InChI is InChI=1S/C7H8N2O.C3H8OS2.H2O3S2/c1-9-5-3-2-4-7(9)6-8-10;4-1-3(6)2-5;1-5(2,3)4/h2-6H,1H3;3-6H,1-2H2;(H2,1,2,3,4)/b7-6+;;.